The summed E-state index contributed by atoms with van der Waals surface area (Å²) in [6.07, 6.45) is 4.47. The maximum atomic E-state index is 10.3. The van der Waals surface area contributed by atoms with Crippen molar-refractivity contribution in [2.45, 2.75) is 32.6 Å². The number of fused-ring (bicyclic) bond motifs is 1. The second kappa shape index (κ2) is 8.54. The number of unbranched alkanes of at least 4 members (excludes halogenated alkanes) is 3. The van der Waals surface area contributed by atoms with E-state index in [1.54, 1.807) is 18.2 Å². The van der Waals surface area contributed by atoms with Crippen molar-refractivity contribution < 1.29 is 24.4 Å². The van der Waals surface area contributed by atoms with Crippen LogP contribution < -0.4 is 9.47 Å². The molecule has 0 aliphatic carbocycles. The van der Waals surface area contributed by atoms with E-state index in [0.29, 0.717) is 29.4 Å². The van der Waals surface area contributed by atoms with Gasteiger partial charge in [0.05, 0.1) is 18.8 Å². The van der Waals surface area contributed by atoms with Crippen LogP contribution in [0.4, 0.5) is 0 Å². The minimum Gasteiger partial charge on any atom is -0.504 e. The Morgan fingerprint density at radius 2 is 2.00 bits per heavy atom. The molecule has 0 radical (unpaired) electrons. The smallest absolute Gasteiger partial charge is 0.176 e. The Labute approximate surface area is 131 Å². The normalized spacial score (nSPS) is 13.5. The largest absolute Gasteiger partial charge is 0.504 e. The molecule has 1 heterocycles. The fourth-order valence-corrected chi connectivity index (χ4v) is 2.27. The number of aliphatic hydroxyl groups excluding tert-OH is 2. The molecular formula is C17H24O5. The number of hydrogen-bond acceptors (Lipinski definition) is 5. The predicted octanol–water partition coefficient (Wildman–Crippen LogP) is 3.27. The third-order valence-corrected chi connectivity index (χ3v) is 3.46. The van der Waals surface area contributed by atoms with Crippen LogP contribution in [0.1, 0.15) is 38.2 Å². The number of rotatable bonds is 9. The Hall–Kier alpha value is -1.88. The Morgan fingerprint density at radius 1 is 1.14 bits per heavy atom. The fourth-order valence-electron chi connectivity index (χ4n) is 2.27. The van der Waals surface area contributed by atoms with E-state index in [2.05, 4.69) is 6.92 Å². The zero-order chi connectivity index (χ0) is 15.8. The van der Waals surface area contributed by atoms with Gasteiger partial charge in [0.1, 0.15) is 24.7 Å². The first-order valence-electron chi connectivity index (χ1n) is 7.82. The molecule has 0 bridgehead atoms. The molecule has 0 aromatic heterocycles. The molecule has 5 nitrogen and oxygen atoms in total. The van der Waals surface area contributed by atoms with Gasteiger partial charge in [0.15, 0.2) is 11.5 Å². The van der Waals surface area contributed by atoms with E-state index in [0.717, 1.165) is 12.8 Å². The molecule has 122 valence electrons. The maximum Gasteiger partial charge on any atom is 0.176 e. The zero-order valence-corrected chi connectivity index (χ0v) is 13.0. The van der Waals surface area contributed by atoms with Gasteiger partial charge in [-0.3, -0.25) is 0 Å². The summed E-state index contributed by atoms with van der Waals surface area (Å²) in [7, 11) is 0. The van der Waals surface area contributed by atoms with Gasteiger partial charge in [-0.15, -0.1) is 0 Å². The summed E-state index contributed by atoms with van der Waals surface area (Å²) in [5.41, 5.74) is 0.560. The fraction of sp³-hybridized carbons (Fsp3) is 0.529. The van der Waals surface area contributed by atoms with Gasteiger partial charge in [0.2, 0.25) is 0 Å². The first kappa shape index (κ1) is 16.5. The second-order valence-electron chi connectivity index (χ2n) is 5.20. The Bertz CT molecular complexity index is 510. The lowest BCUT2D eigenvalue weighted by Crippen LogP contribution is -2.14. The molecule has 0 spiro atoms. The van der Waals surface area contributed by atoms with E-state index < -0.39 is 0 Å². The van der Waals surface area contributed by atoms with E-state index in [4.69, 9.17) is 19.3 Å². The molecule has 1 aliphatic rings. The number of aliphatic hydroxyl groups is 2. The zero-order valence-electron chi connectivity index (χ0n) is 13.0. The lowest BCUT2D eigenvalue weighted by Gasteiger charge is -2.21. The topological polar surface area (TPSA) is 68.2 Å². The van der Waals surface area contributed by atoms with Crippen molar-refractivity contribution in [3.05, 3.63) is 29.5 Å². The Morgan fingerprint density at radius 3 is 2.77 bits per heavy atom. The molecule has 0 saturated heterocycles. The van der Waals surface area contributed by atoms with Crippen LogP contribution in [0.2, 0.25) is 0 Å². The van der Waals surface area contributed by atoms with Crippen LogP contribution in [0.25, 0.3) is 5.76 Å². The standard InChI is InChI=1S/C17H24O5/c1-2-3-4-5-9-21-16-12-22-15-7-6-13(20-10-8-18)11-14(15)17(16)19/h6-7,11,18-19H,2-5,8-10,12H2,1H3. The quantitative estimate of drug-likeness (QED) is 0.685. The van der Waals surface area contributed by atoms with Crippen LogP contribution in [-0.4, -0.2) is 36.6 Å². The van der Waals surface area contributed by atoms with Gasteiger partial charge in [-0.2, -0.15) is 0 Å². The monoisotopic (exact) mass is 308 g/mol. The average Bonchev–Trinajstić information content (AvgIpc) is 2.55. The number of hydrogen-bond donors (Lipinski definition) is 2. The van der Waals surface area contributed by atoms with Gasteiger partial charge < -0.3 is 24.4 Å². The maximum absolute atomic E-state index is 10.3. The van der Waals surface area contributed by atoms with Crippen LogP contribution >= 0.6 is 0 Å². The van der Waals surface area contributed by atoms with Crippen molar-refractivity contribution in [1.29, 1.82) is 0 Å². The number of ether oxygens (including phenoxy) is 3. The highest BCUT2D eigenvalue weighted by Gasteiger charge is 2.21. The summed E-state index contributed by atoms with van der Waals surface area (Å²) in [5, 5.41) is 19.1. The molecule has 0 atom stereocenters. The van der Waals surface area contributed by atoms with Crippen molar-refractivity contribution >= 4 is 5.76 Å². The minimum absolute atomic E-state index is 0.0540. The van der Waals surface area contributed by atoms with Crippen molar-refractivity contribution in [3.63, 3.8) is 0 Å². The minimum atomic E-state index is -0.0540. The molecule has 2 rings (SSSR count). The van der Waals surface area contributed by atoms with Crippen molar-refractivity contribution in [1.82, 2.24) is 0 Å². The van der Waals surface area contributed by atoms with Gasteiger partial charge in [0, 0.05) is 0 Å². The lowest BCUT2D eigenvalue weighted by molar-refractivity contribution is 0.153. The molecule has 1 aromatic rings. The van der Waals surface area contributed by atoms with Crippen LogP contribution in [0.5, 0.6) is 11.5 Å². The SMILES string of the molecule is CCCCCCOC1=C(O)c2cc(OCCO)ccc2OC1. The molecule has 1 aromatic carbocycles. The van der Waals surface area contributed by atoms with E-state index >= 15 is 0 Å². The van der Waals surface area contributed by atoms with Crippen molar-refractivity contribution in [2.75, 3.05) is 26.4 Å². The average molecular weight is 308 g/mol. The van der Waals surface area contributed by atoms with Crippen LogP contribution in [0.3, 0.4) is 0 Å². The first-order chi connectivity index (χ1) is 10.8. The molecule has 0 saturated carbocycles. The molecule has 2 N–H and O–H groups in total. The Kier molecular flexibility index (Phi) is 6.40. The molecule has 0 unspecified atom stereocenters. The third-order valence-electron chi connectivity index (χ3n) is 3.46. The van der Waals surface area contributed by atoms with Crippen LogP contribution in [0, 0.1) is 0 Å². The Balaban J connectivity index is 2.01. The van der Waals surface area contributed by atoms with Gasteiger partial charge in [0.25, 0.3) is 0 Å². The summed E-state index contributed by atoms with van der Waals surface area (Å²) < 4.78 is 16.6. The highest BCUT2D eigenvalue weighted by atomic mass is 16.5. The summed E-state index contributed by atoms with van der Waals surface area (Å²) in [6, 6.07) is 5.19. The summed E-state index contributed by atoms with van der Waals surface area (Å²) in [4.78, 5) is 0. The molecule has 22 heavy (non-hydrogen) atoms. The van der Waals surface area contributed by atoms with Gasteiger partial charge in [-0.25, -0.2) is 0 Å². The molecule has 5 heteroatoms. The van der Waals surface area contributed by atoms with Crippen LogP contribution in [-0.2, 0) is 4.74 Å². The molecule has 1 aliphatic heterocycles. The van der Waals surface area contributed by atoms with Crippen molar-refractivity contribution in [2.24, 2.45) is 0 Å². The molecule has 0 fully saturated rings. The van der Waals surface area contributed by atoms with Crippen LogP contribution in [0.15, 0.2) is 24.0 Å². The van der Waals surface area contributed by atoms with E-state index in [1.165, 1.54) is 12.8 Å². The van der Waals surface area contributed by atoms with Gasteiger partial charge in [-0.1, -0.05) is 26.2 Å². The molecular weight excluding hydrogens is 284 g/mol. The lowest BCUT2D eigenvalue weighted by atomic mass is 10.1. The van der Waals surface area contributed by atoms with Crippen molar-refractivity contribution in [3.8, 4) is 11.5 Å². The predicted molar refractivity (Wildman–Crippen MR) is 84.2 cm³/mol. The van der Waals surface area contributed by atoms with E-state index in [-0.39, 0.29) is 25.6 Å². The van der Waals surface area contributed by atoms with Gasteiger partial charge in [-0.05, 0) is 24.6 Å². The second-order valence-corrected chi connectivity index (χ2v) is 5.20. The summed E-state index contributed by atoms with van der Waals surface area (Å²) in [5.74, 6) is 1.74. The highest BCUT2D eigenvalue weighted by Crippen LogP contribution is 2.34. The highest BCUT2D eigenvalue weighted by molar-refractivity contribution is 5.69. The third kappa shape index (κ3) is 4.31. The van der Waals surface area contributed by atoms with Gasteiger partial charge >= 0.3 is 0 Å². The van der Waals surface area contributed by atoms with E-state index in [1.807, 2.05) is 0 Å². The number of benzene rings is 1. The molecule has 0 amide bonds. The van der Waals surface area contributed by atoms with E-state index in [9.17, 15) is 5.11 Å². The summed E-state index contributed by atoms with van der Waals surface area (Å²) >= 11 is 0. The first-order valence-corrected chi connectivity index (χ1v) is 7.82. The summed E-state index contributed by atoms with van der Waals surface area (Å²) in [6.45, 7) is 3.15.